The summed E-state index contributed by atoms with van der Waals surface area (Å²) in [6, 6.07) is 0. The highest BCUT2D eigenvalue weighted by Gasteiger charge is 2.41. The van der Waals surface area contributed by atoms with E-state index in [0.717, 1.165) is 12.8 Å². The Morgan fingerprint density at radius 1 is 1.18 bits per heavy atom. The largest absolute Gasteiger partial charge is 0.241 e. The number of hydrogen-bond acceptors (Lipinski definition) is 0. The number of rotatable bonds is 1. The molecule has 0 aromatic rings. The Morgan fingerprint density at radius 3 is 1.91 bits per heavy atom. The SMILES string of the molecule is CC(C)(C)C1CC(C(F)F)C1. The molecule has 1 saturated carbocycles. The van der Waals surface area contributed by atoms with Crippen molar-refractivity contribution in [3.63, 3.8) is 0 Å². The van der Waals surface area contributed by atoms with Crippen molar-refractivity contribution in [1.29, 1.82) is 0 Å². The highest BCUT2D eigenvalue weighted by atomic mass is 19.3. The van der Waals surface area contributed by atoms with E-state index in [-0.39, 0.29) is 11.3 Å². The van der Waals surface area contributed by atoms with Crippen LogP contribution in [0.4, 0.5) is 8.78 Å². The summed E-state index contributed by atoms with van der Waals surface area (Å²) >= 11 is 0. The van der Waals surface area contributed by atoms with Gasteiger partial charge >= 0.3 is 0 Å². The Hall–Kier alpha value is -0.140. The fourth-order valence-corrected chi connectivity index (χ4v) is 1.57. The van der Waals surface area contributed by atoms with Gasteiger partial charge in [-0.05, 0) is 24.2 Å². The average molecular weight is 162 g/mol. The second-order valence-electron chi connectivity index (χ2n) is 4.63. The third-order valence-corrected chi connectivity index (χ3v) is 2.76. The summed E-state index contributed by atoms with van der Waals surface area (Å²) in [5, 5.41) is 0. The van der Waals surface area contributed by atoms with Crippen LogP contribution in [0.15, 0.2) is 0 Å². The van der Waals surface area contributed by atoms with Crippen molar-refractivity contribution in [2.75, 3.05) is 0 Å². The fourth-order valence-electron chi connectivity index (χ4n) is 1.57. The third kappa shape index (κ3) is 1.91. The Labute approximate surface area is 67.0 Å². The van der Waals surface area contributed by atoms with E-state index in [1.54, 1.807) is 0 Å². The zero-order chi connectivity index (χ0) is 8.65. The molecule has 0 nitrogen and oxygen atoms in total. The van der Waals surface area contributed by atoms with Gasteiger partial charge in [0, 0.05) is 5.92 Å². The highest BCUT2D eigenvalue weighted by Crippen LogP contribution is 2.47. The van der Waals surface area contributed by atoms with Crippen molar-refractivity contribution in [1.82, 2.24) is 0 Å². The first-order chi connectivity index (χ1) is 4.91. The van der Waals surface area contributed by atoms with Crippen LogP contribution in [0.25, 0.3) is 0 Å². The van der Waals surface area contributed by atoms with Crippen LogP contribution in [-0.2, 0) is 0 Å². The van der Waals surface area contributed by atoms with Crippen molar-refractivity contribution in [2.45, 2.75) is 40.0 Å². The van der Waals surface area contributed by atoms with Gasteiger partial charge in [0.05, 0.1) is 0 Å². The lowest BCUT2D eigenvalue weighted by Crippen LogP contribution is -2.37. The molecule has 1 aliphatic carbocycles. The molecular weight excluding hydrogens is 146 g/mol. The summed E-state index contributed by atoms with van der Waals surface area (Å²) in [6.45, 7) is 6.37. The van der Waals surface area contributed by atoms with Crippen LogP contribution in [0.1, 0.15) is 33.6 Å². The molecule has 0 unspecified atom stereocenters. The third-order valence-electron chi connectivity index (χ3n) is 2.76. The van der Waals surface area contributed by atoms with Crippen LogP contribution in [0, 0.1) is 17.3 Å². The predicted octanol–water partition coefficient (Wildman–Crippen LogP) is 3.32. The molecule has 0 aromatic heterocycles. The molecule has 1 rings (SSSR count). The summed E-state index contributed by atoms with van der Waals surface area (Å²) in [5.74, 6) is 0.209. The van der Waals surface area contributed by atoms with Crippen LogP contribution in [0.3, 0.4) is 0 Å². The lowest BCUT2D eigenvalue weighted by atomic mass is 9.63. The summed E-state index contributed by atoms with van der Waals surface area (Å²) < 4.78 is 24.1. The van der Waals surface area contributed by atoms with Gasteiger partial charge in [0.15, 0.2) is 0 Å². The summed E-state index contributed by atoms with van der Waals surface area (Å²) in [6.07, 6.45) is -0.643. The Bertz CT molecular complexity index is 129. The Morgan fingerprint density at radius 2 is 1.64 bits per heavy atom. The molecule has 1 aliphatic rings. The zero-order valence-corrected chi connectivity index (χ0v) is 7.40. The molecule has 11 heavy (non-hydrogen) atoms. The molecule has 0 heterocycles. The molecule has 2 heteroatoms. The number of halogens is 2. The summed E-state index contributed by atoms with van der Waals surface area (Å²) in [7, 11) is 0. The van der Waals surface area contributed by atoms with E-state index in [4.69, 9.17) is 0 Å². The van der Waals surface area contributed by atoms with Gasteiger partial charge in [-0.25, -0.2) is 8.78 Å². The minimum atomic E-state index is -2.09. The smallest absolute Gasteiger partial charge is 0.210 e. The first kappa shape index (κ1) is 8.95. The number of hydrogen-bond donors (Lipinski definition) is 0. The van der Waals surface area contributed by atoms with Gasteiger partial charge in [-0.2, -0.15) is 0 Å². The molecule has 0 radical (unpaired) electrons. The predicted molar refractivity (Wildman–Crippen MR) is 41.7 cm³/mol. The maximum atomic E-state index is 12.0. The van der Waals surface area contributed by atoms with Crippen molar-refractivity contribution in [3.8, 4) is 0 Å². The van der Waals surface area contributed by atoms with E-state index in [2.05, 4.69) is 20.8 Å². The average Bonchev–Trinajstić information content (AvgIpc) is 1.51. The quantitative estimate of drug-likeness (QED) is 0.554. The lowest BCUT2D eigenvalue weighted by molar-refractivity contribution is -0.0322. The second kappa shape index (κ2) is 2.72. The number of alkyl halides is 2. The van der Waals surface area contributed by atoms with E-state index in [1.807, 2.05) is 0 Å². The first-order valence-electron chi connectivity index (χ1n) is 4.19. The topological polar surface area (TPSA) is 0 Å². The van der Waals surface area contributed by atoms with E-state index in [9.17, 15) is 8.78 Å². The van der Waals surface area contributed by atoms with Gasteiger partial charge in [0.1, 0.15) is 0 Å². The maximum Gasteiger partial charge on any atom is 0.241 e. The van der Waals surface area contributed by atoms with E-state index < -0.39 is 6.43 Å². The van der Waals surface area contributed by atoms with E-state index >= 15 is 0 Å². The van der Waals surface area contributed by atoms with Gasteiger partial charge in [0.2, 0.25) is 6.43 Å². The van der Waals surface area contributed by atoms with Crippen LogP contribution in [0.2, 0.25) is 0 Å². The monoisotopic (exact) mass is 162 g/mol. The lowest BCUT2D eigenvalue weighted by Gasteiger charge is -2.43. The summed E-state index contributed by atoms with van der Waals surface area (Å²) in [4.78, 5) is 0. The van der Waals surface area contributed by atoms with Crippen LogP contribution >= 0.6 is 0 Å². The molecule has 0 spiro atoms. The van der Waals surface area contributed by atoms with Gasteiger partial charge < -0.3 is 0 Å². The molecule has 0 bridgehead atoms. The van der Waals surface area contributed by atoms with Gasteiger partial charge in [-0.1, -0.05) is 20.8 Å². The van der Waals surface area contributed by atoms with Crippen LogP contribution in [0.5, 0.6) is 0 Å². The molecule has 66 valence electrons. The van der Waals surface area contributed by atoms with Gasteiger partial charge in [-0.3, -0.25) is 0 Å². The molecule has 0 N–H and O–H groups in total. The standard InChI is InChI=1S/C9H16F2/c1-9(2,3)7-4-6(5-7)8(10)11/h6-8H,4-5H2,1-3H3. The van der Waals surface area contributed by atoms with Crippen molar-refractivity contribution >= 4 is 0 Å². The zero-order valence-electron chi connectivity index (χ0n) is 7.40. The molecule has 0 aromatic carbocycles. The van der Waals surface area contributed by atoms with Gasteiger partial charge in [0.25, 0.3) is 0 Å². The van der Waals surface area contributed by atoms with E-state index in [1.165, 1.54) is 0 Å². The Balaban J connectivity index is 2.30. The molecule has 0 saturated heterocycles. The van der Waals surface area contributed by atoms with E-state index in [0.29, 0.717) is 5.92 Å². The molecule has 0 amide bonds. The second-order valence-corrected chi connectivity index (χ2v) is 4.63. The fraction of sp³-hybridized carbons (Fsp3) is 1.00. The van der Waals surface area contributed by atoms with Crippen LogP contribution in [-0.4, -0.2) is 6.43 Å². The normalized spacial score (nSPS) is 32.2. The van der Waals surface area contributed by atoms with Crippen molar-refractivity contribution < 1.29 is 8.78 Å². The highest BCUT2D eigenvalue weighted by molar-refractivity contribution is 4.88. The Kier molecular flexibility index (Phi) is 2.22. The first-order valence-corrected chi connectivity index (χ1v) is 4.19. The minimum absolute atomic E-state index is 0.228. The summed E-state index contributed by atoms with van der Waals surface area (Å²) in [5.41, 5.74) is 0.228. The molecule has 0 atom stereocenters. The molecule has 0 aliphatic heterocycles. The van der Waals surface area contributed by atoms with Crippen molar-refractivity contribution in [3.05, 3.63) is 0 Å². The maximum absolute atomic E-state index is 12.0. The van der Waals surface area contributed by atoms with Gasteiger partial charge in [-0.15, -0.1) is 0 Å². The molecular formula is C9H16F2. The van der Waals surface area contributed by atoms with Crippen molar-refractivity contribution in [2.24, 2.45) is 17.3 Å². The molecule has 1 fully saturated rings. The van der Waals surface area contributed by atoms with Crippen LogP contribution < -0.4 is 0 Å². The minimum Gasteiger partial charge on any atom is -0.210 e.